The SMILES string of the molecule is Cc1cs[c](=[Os]([CH]=O)([CH]=O)([CH]=O)[CH]=O)n1C. The van der Waals surface area contributed by atoms with Gasteiger partial charge >= 0.3 is 96.0 Å². The maximum absolute atomic E-state index is 11.2. The van der Waals surface area contributed by atoms with Gasteiger partial charge in [-0.05, 0) is 0 Å². The number of carbonyl (C=O) groups is 4. The van der Waals surface area contributed by atoms with E-state index in [1.807, 2.05) is 0 Å². The van der Waals surface area contributed by atoms with Gasteiger partial charge in [0.15, 0.2) is 0 Å². The monoisotopic (exact) mass is 421 g/mol. The average molecular weight is 419 g/mol. The predicted molar refractivity (Wildman–Crippen MR) is 58.3 cm³/mol. The molecule has 0 radical (unpaired) electrons. The third kappa shape index (κ3) is 1.43. The van der Waals surface area contributed by atoms with E-state index in [9.17, 15) is 19.2 Å². The minimum atomic E-state index is -5.20. The summed E-state index contributed by atoms with van der Waals surface area (Å²) in [5, 5.41) is 1.71. The molecular weight excluding hydrogens is 408 g/mol. The van der Waals surface area contributed by atoms with Crippen molar-refractivity contribution in [1.82, 2.24) is 4.57 Å². The Hall–Kier alpha value is -1.05. The number of carbonyl (C=O) groups excluding carboxylic acids is 4. The van der Waals surface area contributed by atoms with Crippen molar-refractivity contribution < 1.29 is 32.6 Å². The quantitative estimate of drug-likeness (QED) is 0.662. The minimum absolute atomic E-state index is 0.279. The molecule has 1 aromatic rings. The normalized spacial score (nSPS) is 13.5. The zero-order valence-electron chi connectivity index (χ0n) is 8.73. The van der Waals surface area contributed by atoms with Crippen LogP contribution in [0.2, 0.25) is 0 Å². The molecule has 0 N–H and O–H groups in total. The number of thiazole rings is 1. The maximum atomic E-state index is 11.2. The van der Waals surface area contributed by atoms with Gasteiger partial charge in [0.2, 0.25) is 0 Å². The Kier molecular flexibility index (Phi) is 3.32. The fourth-order valence-corrected chi connectivity index (χ4v) is 9.90. The summed E-state index contributed by atoms with van der Waals surface area (Å²) in [4.78, 5) is 45.9. The van der Waals surface area contributed by atoms with Crippen LogP contribution in [-0.2, 0) is 39.6 Å². The first kappa shape index (κ1) is 13.0. The van der Waals surface area contributed by atoms with Crippen LogP contribution in [0.15, 0.2) is 5.38 Å². The van der Waals surface area contributed by atoms with E-state index in [2.05, 4.69) is 0 Å². The van der Waals surface area contributed by atoms with Crippen LogP contribution in [0, 0.1) is 10.1 Å². The van der Waals surface area contributed by atoms with Crippen LogP contribution in [0.3, 0.4) is 0 Å². The first-order valence-electron chi connectivity index (χ1n) is 4.06. The van der Waals surface area contributed by atoms with E-state index in [0.717, 1.165) is 17.0 Å². The fourth-order valence-electron chi connectivity index (χ4n) is 1.06. The molecule has 0 aliphatic rings. The number of rotatable bonds is 4. The van der Waals surface area contributed by atoms with Gasteiger partial charge in [-0.3, -0.25) is 0 Å². The Bertz CT molecular complexity index is 527. The molecule has 0 saturated carbocycles. The molecular formula is C9H11NO4OsS. The summed E-state index contributed by atoms with van der Waals surface area (Å²) in [6, 6.07) is 0. The van der Waals surface area contributed by atoms with Gasteiger partial charge in [-0.25, -0.2) is 0 Å². The Morgan fingerprint density at radius 3 is 1.81 bits per heavy atom. The van der Waals surface area contributed by atoms with Crippen molar-refractivity contribution >= 4 is 30.7 Å². The number of aromatic nitrogens is 1. The van der Waals surface area contributed by atoms with Crippen molar-refractivity contribution in [3.8, 4) is 0 Å². The summed E-state index contributed by atoms with van der Waals surface area (Å²) in [5.41, 5.74) is 0.796. The molecule has 16 heavy (non-hydrogen) atoms. The average Bonchev–Trinajstić information content (AvgIpc) is 2.67. The molecule has 5 nitrogen and oxygen atoms in total. The topological polar surface area (TPSA) is 73.2 Å². The number of hydrogen-bond acceptors (Lipinski definition) is 5. The molecule has 0 saturated heterocycles. The van der Waals surface area contributed by atoms with E-state index in [0.29, 0.717) is 0 Å². The molecule has 0 unspecified atom stereocenters. The van der Waals surface area contributed by atoms with Gasteiger partial charge in [0.25, 0.3) is 0 Å². The summed E-state index contributed by atoms with van der Waals surface area (Å²) in [6.45, 7) is 1.77. The van der Waals surface area contributed by atoms with E-state index >= 15 is 0 Å². The van der Waals surface area contributed by atoms with Gasteiger partial charge in [0, 0.05) is 0 Å². The third-order valence-electron chi connectivity index (χ3n) is 2.20. The fraction of sp³-hybridized carbons (Fsp3) is 0.222. The molecule has 0 amide bonds. The van der Waals surface area contributed by atoms with E-state index in [1.165, 1.54) is 0 Å². The second kappa shape index (κ2) is 4.08. The van der Waals surface area contributed by atoms with E-state index in [-0.39, 0.29) is 22.5 Å². The Morgan fingerprint density at radius 2 is 1.56 bits per heavy atom. The summed E-state index contributed by atoms with van der Waals surface area (Å²) in [6.07, 6.45) is 0. The van der Waals surface area contributed by atoms with Crippen LogP contribution in [0.5, 0.6) is 0 Å². The van der Waals surface area contributed by atoms with E-state index in [1.54, 1.807) is 23.9 Å². The molecule has 0 aliphatic heterocycles. The van der Waals surface area contributed by atoms with E-state index in [4.69, 9.17) is 0 Å². The van der Waals surface area contributed by atoms with Crippen molar-refractivity contribution in [2.45, 2.75) is 6.92 Å². The molecule has 90 valence electrons. The zero-order chi connectivity index (χ0) is 12.4. The number of nitrogens with zero attached hydrogens (tertiary/aromatic N) is 1. The molecule has 7 heteroatoms. The van der Waals surface area contributed by atoms with Gasteiger partial charge in [0.1, 0.15) is 0 Å². The Balaban J connectivity index is 4.26. The summed E-state index contributed by atoms with van der Waals surface area (Å²) >= 11 is -4.09. The molecule has 0 aromatic carbocycles. The van der Waals surface area contributed by atoms with Crippen molar-refractivity contribution in [3.05, 3.63) is 14.2 Å². The third-order valence-corrected chi connectivity index (χ3v) is 15.5. The van der Waals surface area contributed by atoms with Crippen molar-refractivity contribution in [1.29, 1.82) is 0 Å². The van der Waals surface area contributed by atoms with Crippen LogP contribution in [-0.4, -0.2) is 23.9 Å². The Morgan fingerprint density at radius 1 is 1.12 bits per heavy atom. The van der Waals surface area contributed by atoms with Crippen molar-refractivity contribution in [2.75, 3.05) is 0 Å². The van der Waals surface area contributed by atoms with Crippen LogP contribution in [0.25, 0.3) is 0 Å². The molecule has 1 aromatic heterocycles. The van der Waals surface area contributed by atoms with Crippen LogP contribution in [0.4, 0.5) is 0 Å². The number of aryl methyl sites for hydroxylation is 1. The number of hydrogen-bond donors (Lipinski definition) is 0. The van der Waals surface area contributed by atoms with Gasteiger partial charge in [-0.1, -0.05) is 0 Å². The first-order valence-corrected chi connectivity index (χ1v) is 12.1. The standard InChI is InChI=1S/C5H7NS.4CHO.Os/c1-5-3-7-4-6(5)2;4*1-2;/h3H,1-2H3;4*1H;. The molecule has 0 fully saturated rings. The van der Waals surface area contributed by atoms with Gasteiger partial charge < -0.3 is 0 Å². The molecule has 0 spiro atoms. The summed E-state index contributed by atoms with van der Waals surface area (Å²) in [5.74, 6) is 0. The second-order valence-corrected chi connectivity index (χ2v) is 16.5. The molecule has 0 bridgehead atoms. The molecule has 0 aliphatic carbocycles. The van der Waals surface area contributed by atoms with Gasteiger partial charge in [0.05, 0.1) is 0 Å². The van der Waals surface area contributed by atoms with Crippen LogP contribution >= 0.6 is 11.3 Å². The molecule has 1 heterocycles. The van der Waals surface area contributed by atoms with Crippen LogP contribution in [0.1, 0.15) is 5.69 Å². The van der Waals surface area contributed by atoms with Crippen molar-refractivity contribution in [2.24, 2.45) is 7.05 Å². The summed E-state index contributed by atoms with van der Waals surface area (Å²) in [7, 11) is 1.63. The predicted octanol–water partition coefficient (Wildman–Crippen LogP) is 0.377. The van der Waals surface area contributed by atoms with Gasteiger partial charge in [-0.15, -0.1) is 0 Å². The van der Waals surface area contributed by atoms with Gasteiger partial charge in [-0.2, -0.15) is 0 Å². The van der Waals surface area contributed by atoms with E-state index < -0.39 is 13.4 Å². The molecule has 0 atom stereocenters. The van der Waals surface area contributed by atoms with Crippen LogP contribution < -0.4 is 0 Å². The second-order valence-electron chi connectivity index (χ2n) is 3.13. The Labute approximate surface area is 96.0 Å². The zero-order valence-corrected chi connectivity index (χ0v) is 12.1. The molecule has 1 rings (SSSR count). The first-order chi connectivity index (χ1) is 7.49. The van der Waals surface area contributed by atoms with Crippen molar-refractivity contribution in [3.63, 3.8) is 0 Å². The summed E-state index contributed by atoms with van der Waals surface area (Å²) < 4.78 is 1.85.